The maximum atomic E-state index is 12.8. The predicted octanol–water partition coefficient (Wildman–Crippen LogP) is 3.79. The van der Waals surface area contributed by atoms with Crippen molar-refractivity contribution in [1.82, 2.24) is 9.47 Å². The van der Waals surface area contributed by atoms with E-state index in [1.807, 2.05) is 29.1 Å². The highest BCUT2D eigenvalue weighted by atomic mass is 35.5. The number of thioether (sulfide) groups is 1. The highest BCUT2D eigenvalue weighted by molar-refractivity contribution is 8.01. The second-order valence-electron chi connectivity index (χ2n) is 6.76. The summed E-state index contributed by atoms with van der Waals surface area (Å²) in [4.78, 5) is 31.5. The van der Waals surface area contributed by atoms with Gasteiger partial charge in [0.05, 0.1) is 11.4 Å². The smallest absolute Gasteiger partial charge is 0.272 e. The summed E-state index contributed by atoms with van der Waals surface area (Å²) in [6, 6.07) is 4.86. The van der Waals surface area contributed by atoms with Gasteiger partial charge in [-0.2, -0.15) is 4.99 Å². The molecule has 2 saturated heterocycles. The van der Waals surface area contributed by atoms with Crippen molar-refractivity contribution in [1.29, 1.82) is 0 Å². The molecule has 0 N–H and O–H groups in total. The molecule has 0 unspecified atom stereocenters. The van der Waals surface area contributed by atoms with Crippen LogP contribution in [0.2, 0.25) is 10.0 Å². The molecule has 1 aromatic heterocycles. The molecule has 9 heteroatoms. The molecule has 2 amide bonds. The lowest BCUT2D eigenvalue weighted by atomic mass is 10.2. The molecular weight excluding hydrogens is 425 g/mol. The first-order chi connectivity index (χ1) is 12.9. The van der Waals surface area contributed by atoms with Crippen LogP contribution in [0.15, 0.2) is 34.8 Å². The number of benzene rings is 1. The van der Waals surface area contributed by atoms with E-state index < -0.39 is 6.04 Å². The van der Waals surface area contributed by atoms with E-state index in [-0.39, 0.29) is 16.7 Å². The van der Waals surface area contributed by atoms with Crippen LogP contribution < -0.4 is 4.80 Å². The standard InChI is InChI=1S/C18H17Cl2N3O2S2/c1-18-5-4-15(24)23(18)14(10-27-18)16(25)21-17-22(6-7-26-17)9-11-2-3-12(19)8-13(11)20/h2-3,6-8,14H,4-5,9-10H2,1H3/t14-,18-/m0/s1. The minimum atomic E-state index is -0.482. The van der Waals surface area contributed by atoms with E-state index in [1.165, 1.54) is 11.3 Å². The molecule has 2 atom stereocenters. The second kappa shape index (κ2) is 7.28. The first-order valence-corrected chi connectivity index (χ1v) is 11.1. The highest BCUT2D eigenvalue weighted by Crippen LogP contribution is 2.47. The topological polar surface area (TPSA) is 54.7 Å². The minimum absolute atomic E-state index is 0.0445. The number of hydrogen-bond acceptors (Lipinski definition) is 4. The lowest BCUT2D eigenvalue weighted by molar-refractivity contribution is -0.136. The van der Waals surface area contributed by atoms with Crippen molar-refractivity contribution in [3.63, 3.8) is 0 Å². The van der Waals surface area contributed by atoms with Gasteiger partial charge in [0.15, 0.2) is 4.80 Å². The summed E-state index contributed by atoms with van der Waals surface area (Å²) in [6.45, 7) is 2.52. The van der Waals surface area contributed by atoms with Gasteiger partial charge >= 0.3 is 0 Å². The number of nitrogens with zero attached hydrogens (tertiary/aromatic N) is 3. The molecular formula is C18H17Cl2N3O2S2. The van der Waals surface area contributed by atoms with Gasteiger partial charge in [-0.15, -0.1) is 23.1 Å². The number of fused-ring (bicyclic) bond motifs is 1. The fourth-order valence-corrected chi connectivity index (χ4v) is 6.14. The Morgan fingerprint density at radius 1 is 1.41 bits per heavy atom. The number of hydrogen-bond donors (Lipinski definition) is 0. The Balaban J connectivity index is 1.59. The molecule has 27 heavy (non-hydrogen) atoms. The minimum Gasteiger partial charge on any atom is -0.319 e. The molecule has 2 fully saturated rings. The van der Waals surface area contributed by atoms with Gasteiger partial charge < -0.3 is 9.47 Å². The largest absolute Gasteiger partial charge is 0.319 e. The fraction of sp³-hybridized carbons (Fsp3) is 0.389. The average molecular weight is 442 g/mol. The zero-order chi connectivity index (χ0) is 19.2. The Hall–Kier alpha value is -1.28. The van der Waals surface area contributed by atoms with E-state index in [2.05, 4.69) is 4.99 Å². The van der Waals surface area contributed by atoms with E-state index in [0.717, 1.165) is 12.0 Å². The monoisotopic (exact) mass is 441 g/mol. The van der Waals surface area contributed by atoms with Gasteiger partial charge in [-0.25, -0.2) is 0 Å². The summed E-state index contributed by atoms with van der Waals surface area (Å²) >= 11 is 15.3. The van der Waals surface area contributed by atoms with Crippen molar-refractivity contribution < 1.29 is 9.59 Å². The van der Waals surface area contributed by atoms with Crippen LogP contribution in [0.1, 0.15) is 25.3 Å². The number of halogens is 2. The third-order valence-corrected chi connectivity index (χ3v) is 7.84. The number of amides is 2. The maximum Gasteiger partial charge on any atom is 0.272 e. The molecule has 2 aliphatic heterocycles. The van der Waals surface area contributed by atoms with Crippen molar-refractivity contribution in [2.75, 3.05) is 5.75 Å². The van der Waals surface area contributed by atoms with Crippen LogP contribution in [0, 0.1) is 0 Å². The molecule has 0 aliphatic carbocycles. The molecule has 0 saturated carbocycles. The van der Waals surface area contributed by atoms with Crippen LogP contribution in [0.4, 0.5) is 0 Å². The van der Waals surface area contributed by atoms with E-state index in [9.17, 15) is 9.59 Å². The average Bonchev–Trinajstić information content (AvgIpc) is 3.27. The fourth-order valence-electron chi connectivity index (χ4n) is 3.51. The lowest BCUT2D eigenvalue weighted by Gasteiger charge is -2.28. The lowest BCUT2D eigenvalue weighted by Crippen LogP contribution is -2.46. The van der Waals surface area contributed by atoms with Crippen molar-refractivity contribution in [3.05, 3.63) is 50.2 Å². The Morgan fingerprint density at radius 3 is 3.00 bits per heavy atom. The highest BCUT2D eigenvalue weighted by Gasteiger charge is 2.52. The number of carbonyl (C=O) groups excluding carboxylic acids is 2. The van der Waals surface area contributed by atoms with Crippen molar-refractivity contribution in [2.45, 2.75) is 37.2 Å². The van der Waals surface area contributed by atoms with Crippen LogP contribution >= 0.6 is 46.3 Å². The van der Waals surface area contributed by atoms with Crippen LogP contribution in [0.3, 0.4) is 0 Å². The second-order valence-corrected chi connectivity index (χ2v) is 9.98. The van der Waals surface area contributed by atoms with Crippen LogP contribution in [0.25, 0.3) is 0 Å². The van der Waals surface area contributed by atoms with Gasteiger partial charge in [0.2, 0.25) is 5.91 Å². The summed E-state index contributed by atoms with van der Waals surface area (Å²) in [6.07, 6.45) is 3.16. The normalized spacial score (nSPS) is 25.3. The number of aromatic nitrogens is 1. The van der Waals surface area contributed by atoms with Crippen molar-refractivity contribution in [3.8, 4) is 0 Å². The Morgan fingerprint density at radius 2 is 2.22 bits per heavy atom. The predicted molar refractivity (Wildman–Crippen MR) is 109 cm³/mol. The Kier molecular flexibility index (Phi) is 5.14. The third kappa shape index (κ3) is 3.58. The van der Waals surface area contributed by atoms with Gasteiger partial charge in [-0.05, 0) is 31.0 Å². The van der Waals surface area contributed by atoms with Crippen molar-refractivity contribution in [2.24, 2.45) is 4.99 Å². The van der Waals surface area contributed by atoms with Gasteiger partial charge in [-0.1, -0.05) is 29.3 Å². The Labute approximate surface area is 175 Å². The summed E-state index contributed by atoms with van der Waals surface area (Å²) in [5.74, 6) is 0.377. The van der Waals surface area contributed by atoms with E-state index >= 15 is 0 Å². The maximum absolute atomic E-state index is 12.8. The summed E-state index contributed by atoms with van der Waals surface area (Å²) in [5.41, 5.74) is 0.895. The van der Waals surface area contributed by atoms with Gasteiger partial charge in [0.1, 0.15) is 6.04 Å². The number of carbonyl (C=O) groups is 2. The number of thiazole rings is 1. The van der Waals surface area contributed by atoms with Crippen molar-refractivity contribution >= 4 is 58.1 Å². The van der Waals surface area contributed by atoms with Gasteiger partial charge in [0.25, 0.3) is 5.91 Å². The molecule has 3 heterocycles. The molecule has 0 bridgehead atoms. The molecule has 0 spiro atoms. The van der Waals surface area contributed by atoms with Crippen LogP contribution in [-0.2, 0) is 16.1 Å². The zero-order valence-electron chi connectivity index (χ0n) is 14.5. The van der Waals surface area contributed by atoms with Gasteiger partial charge in [-0.3, -0.25) is 9.59 Å². The van der Waals surface area contributed by atoms with E-state index in [4.69, 9.17) is 23.2 Å². The Bertz CT molecular complexity index is 987. The number of rotatable bonds is 3. The first-order valence-electron chi connectivity index (χ1n) is 8.50. The molecule has 4 rings (SSSR count). The van der Waals surface area contributed by atoms with Crippen LogP contribution in [0.5, 0.6) is 0 Å². The van der Waals surface area contributed by atoms with Crippen LogP contribution in [-0.4, -0.2) is 37.9 Å². The quantitative estimate of drug-likeness (QED) is 0.727. The van der Waals surface area contributed by atoms with E-state index in [1.54, 1.807) is 28.8 Å². The zero-order valence-corrected chi connectivity index (χ0v) is 17.7. The molecule has 2 aliphatic rings. The first kappa shape index (κ1) is 19.1. The molecule has 142 valence electrons. The molecule has 2 aromatic rings. The summed E-state index contributed by atoms with van der Waals surface area (Å²) in [7, 11) is 0. The third-order valence-electron chi connectivity index (χ3n) is 4.95. The molecule has 0 radical (unpaired) electrons. The molecule has 5 nitrogen and oxygen atoms in total. The van der Waals surface area contributed by atoms with E-state index in [0.29, 0.717) is 33.6 Å². The summed E-state index contributed by atoms with van der Waals surface area (Å²) < 4.78 is 1.88. The van der Waals surface area contributed by atoms with Gasteiger partial charge in [0, 0.05) is 33.8 Å². The molecule has 1 aromatic carbocycles. The summed E-state index contributed by atoms with van der Waals surface area (Å²) in [5, 5.41) is 3.03. The SMILES string of the molecule is C[C@]12CCC(=O)N1[C@H](C(=O)N=c1sccn1Cc1ccc(Cl)cc1Cl)CS2.